The second-order valence-corrected chi connectivity index (χ2v) is 17.8. The predicted molar refractivity (Wildman–Crippen MR) is 251 cm³/mol. The molecule has 0 bridgehead atoms. The minimum absolute atomic E-state index is 0.0174. The fourth-order valence-corrected chi connectivity index (χ4v) is 6.63. The summed E-state index contributed by atoms with van der Waals surface area (Å²) in [5.74, 6) is -0.260. The van der Waals surface area contributed by atoms with E-state index in [0.717, 1.165) is 70.6 Å². The highest BCUT2D eigenvalue weighted by Gasteiger charge is 2.23. The van der Waals surface area contributed by atoms with Gasteiger partial charge in [0.2, 0.25) is 5.91 Å². The SMILES string of the molecule is CC/C=C\C/C=C\C/C=C\C/C=C\C/C=C\C/C=C\C/C=C\CCCC(=O)NC(COP(=O)([O-])OCC[N+](C)(C)C)C(O)/C=C/CCCCCCCCCCCCCC. The summed E-state index contributed by atoms with van der Waals surface area (Å²) < 4.78 is 23.2. The lowest BCUT2D eigenvalue weighted by atomic mass is 10.0. The van der Waals surface area contributed by atoms with Crippen LogP contribution in [0.2, 0.25) is 0 Å². The summed E-state index contributed by atoms with van der Waals surface area (Å²) in [6.07, 6.45) is 57.5. The number of allylic oxidation sites excluding steroid dienone is 15. The molecule has 1 amide bonds. The highest BCUT2D eigenvalue weighted by Crippen LogP contribution is 2.38. The maximum Gasteiger partial charge on any atom is 0.268 e. The van der Waals surface area contributed by atoms with Crippen LogP contribution < -0.4 is 10.2 Å². The Morgan fingerprint density at radius 1 is 0.610 bits per heavy atom. The standard InChI is InChI=1S/C50H87N2O6P/c1-6-8-10-12-14-16-18-20-22-23-24-25-26-27-28-29-30-32-34-36-38-40-42-44-50(54)51-48(47-58-59(55,56)57-46-45-52(3,4)5)49(53)43-41-39-37-35-33-31-21-19-17-15-13-11-9-7-2/h8,10,14,16,20,22,24-25,27-28,30,32,36,38,41,43,48-49,53H,6-7,9,11-13,15,17-19,21,23,26,29,31,33-35,37,39-40,42,44-47H2,1-5H3,(H-,51,54,55,56)/b10-8-,16-14-,22-20-,25-24-,28-27-,32-30-,38-36-,43-41+. The molecule has 3 atom stereocenters. The highest BCUT2D eigenvalue weighted by atomic mass is 31.2. The van der Waals surface area contributed by atoms with Crippen molar-refractivity contribution in [1.29, 1.82) is 0 Å². The Kier molecular flexibility index (Phi) is 39.0. The summed E-state index contributed by atoms with van der Waals surface area (Å²) in [6, 6.07) is -0.923. The van der Waals surface area contributed by atoms with Crippen LogP contribution in [0.15, 0.2) is 97.2 Å². The molecular formula is C50H87N2O6P. The molecule has 0 aromatic heterocycles. The van der Waals surface area contributed by atoms with Crippen LogP contribution in [0.3, 0.4) is 0 Å². The number of unbranched alkanes of at least 4 members (excludes halogenated alkanes) is 13. The van der Waals surface area contributed by atoms with Crippen LogP contribution >= 0.6 is 7.82 Å². The molecule has 0 saturated carbocycles. The number of likely N-dealkylation sites (N-methyl/N-ethyl adjacent to an activating group) is 1. The van der Waals surface area contributed by atoms with E-state index in [9.17, 15) is 19.4 Å². The maximum absolute atomic E-state index is 12.8. The first kappa shape index (κ1) is 56.4. The number of phosphoric acid groups is 1. The van der Waals surface area contributed by atoms with E-state index in [1.54, 1.807) is 6.08 Å². The summed E-state index contributed by atoms with van der Waals surface area (Å²) in [7, 11) is 1.21. The molecule has 8 nitrogen and oxygen atoms in total. The Balaban J connectivity index is 4.52. The van der Waals surface area contributed by atoms with Crippen LogP contribution in [0.4, 0.5) is 0 Å². The minimum Gasteiger partial charge on any atom is -0.756 e. The zero-order chi connectivity index (χ0) is 43.6. The molecule has 2 N–H and O–H groups in total. The van der Waals surface area contributed by atoms with Gasteiger partial charge in [-0.25, -0.2) is 0 Å². The van der Waals surface area contributed by atoms with Gasteiger partial charge in [-0.15, -0.1) is 0 Å². The van der Waals surface area contributed by atoms with Crippen LogP contribution in [0, 0.1) is 0 Å². The third-order valence-electron chi connectivity index (χ3n) is 9.55. The molecule has 338 valence electrons. The van der Waals surface area contributed by atoms with Crippen molar-refractivity contribution in [2.24, 2.45) is 0 Å². The molecule has 0 aliphatic rings. The molecule has 0 aliphatic heterocycles. The zero-order valence-corrected chi connectivity index (χ0v) is 39.1. The number of hydrogen-bond acceptors (Lipinski definition) is 6. The average molecular weight is 843 g/mol. The number of aliphatic hydroxyl groups excluding tert-OH is 1. The van der Waals surface area contributed by atoms with E-state index in [4.69, 9.17) is 9.05 Å². The zero-order valence-electron chi connectivity index (χ0n) is 38.2. The van der Waals surface area contributed by atoms with E-state index in [1.165, 1.54) is 64.2 Å². The van der Waals surface area contributed by atoms with Gasteiger partial charge in [0.1, 0.15) is 13.2 Å². The smallest absolute Gasteiger partial charge is 0.268 e. The number of nitrogens with zero attached hydrogens (tertiary/aromatic N) is 1. The van der Waals surface area contributed by atoms with Crippen molar-refractivity contribution in [2.45, 2.75) is 174 Å². The molecule has 0 fully saturated rings. The van der Waals surface area contributed by atoms with Crippen molar-refractivity contribution in [3.63, 3.8) is 0 Å². The number of aliphatic hydroxyl groups is 1. The van der Waals surface area contributed by atoms with Gasteiger partial charge in [-0.1, -0.05) is 182 Å². The molecule has 3 unspecified atom stereocenters. The van der Waals surface area contributed by atoms with Gasteiger partial charge in [0.15, 0.2) is 0 Å². The number of amides is 1. The Bertz CT molecular complexity index is 1280. The third kappa shape index (κ3) is 43.3. The fraction of sp³-hybridized carbons (Fsp3) is 0.660. The van der Waals surface area contributed by atoms with E-state index in [-0.39, 0.29) is 18.9 Å². The van der Waals surface area contributed by atoms with Gasteiger partial charge >= 0.3 is 0 Å². The van der Waals surface area contributed by atoms with Crippen molar-refractivity contribution < 1.29 is 32.9 Å². The van der Waals surface area contributed by atoms with E-state index in [0.29, 0.717) is 17.4 Å². The van der Waals surface area contributed by atoms with E-state index in [2.05, 4.69) is 104 Å². The molecule has 0 aromatic rings. The minimum atomic E-state index is -4.61. The first-order valence-electron chi connectivity index (χ1n) is 23.1. The van der Waals surface area contributed by atoms with Crippen molar-refractivity contribution >= 4 is 13.7 Å². The quantitative estimate of drug-likeness (QED) is 0.0275. The molecule has 0 spiro atoms. The van der Waals surface area contributed by atoms with Gasteiger partial charge in [0.25, 0.3) is 7.82 Å². The summed E-state index contributed by atoms with van der Waals surface area (Å²) in [5.41, 5.74) is 0. The normalized spacial score (nSPS) is 15.2. The maximum atomic E-state index is 12.8. The number of hydrogen-bond donors (Lipinski definition) is 2. The van der Waals surface area contributed by atoms with Crippen molar-refractivity contribution in [3.05, 3.63) is 97.2 Å². The fourth-order valence-electron chi connectivity index (χ4n) is 5.90. The lowest BCUT2D eigenvalue weighted by molar-refractivity contribution is -0.870. The lowest BCUT2D eigenvalue weighted by Crippen LogP contribution is -2.45. The second-order valence-electron chi connectivity index (χ2n) is 16.4. The Morgan fingerprint density at radius 3 is 1.49 bits per heavy atom. The topological polar surface area (TPSA) is 108 Å². The van der Waals surface area contributed by atoms with Gasteiger partial charge in [-0.3, -0.25) is 9.36 Å². The number of carbonyl (C=O) groups excluding carboxylic acids is 1. The van der Waals surface area contributed by atoms with Crippen LogP contribution in [0.5, 0.6) is 0 Å². The number of phosphoric ester groups is 1. The van der Waals surface area contributed by atoms with Gasteiger partial charge in [-0.05, 0) is 70.6 Å². The van der Waals surface area contributed by atoms with Gasteiger partial charge in [-0.2, -0.15) is 0 Å². The number of rotatable bonds is 40. The predicted octanol–water partition coefficient (Wildman–Crippen LogP) is 12.5. The van der Waals surface area contributed by atoms with E-state index < -0.39 is 26.6 Å². The summed E-state index contributed by atoms with van der Waals surface area (Å²) in [6.45, 7) is 4.46. The van der Waals surface area contributed by atoms with Crippen LogP contribution in [0.1, 0.15) is 162 Å². The summed E-state index contributed by atoms with van der Waals surface area (Å²) >= 11 is 0. The Labute approximate surface area is 362 Å². The molecular weight excluding hydrogens is 756 g/mol. The average Bonchev–Trinajstić information content (AvgIpc) is 3.19. The van der Waals surface area contributed by atoms with Crippen LogP contribution in [-0.2, 0) is 18.4 Å². The second kappa shape index (κ2) is 40.8. The van der Waals surface area contributed by atoms with Crippen molar-refractivity contribution in [1.82, 2.24) is 5.32 Å². The Morgan fingerprint density at radius 2 is 1.03 bits per heavy atom. The van der Waals surface area contributed by atoms with Crippen molar-refractivity contribution in [2.75, 3.05) is 40.9 Å². The van der Waals surface area contributed by atoms with E-state index in [1.807, 2.05) is 27.2 Å². The first-order chi connectivity index (χ1) is 28.5. The number of quaternary nitrogens is 1. The molecule has 59 heavy (non-hydrogen) atoms. The van der Waals surface area contributed by atoms with E-state index >= 15 is 0 Å². The van der Waals surface area contributed by atoms with Crippen LogP contribution in [0.25, 0.3) is 0 Å². The third-order valence-corrected chi connectivity index (χ3v) is 10.5. The molecule has 9 heteroatoms. The van der Waals surface area contributed by atoms with Gasteiger partial charge in [0.05, 0.1) is 39.9 Å². The number of carbonyl (C=O) groups is 1. The molecule has 0 radical (unpaired) electrons. The summed E-state index contributed by atoms with van der Waals surface area (Å²) in [4.78, 5) is 25.3. The van der Waals surface area contributed by atoms with Crippen LogP contribution in [-0.4, -0.2) is 68.5 Å². The monoisotopic (exact) mass is 843 g/mol. The molecule has 0 heterocycles. The van der Waals surface area contributed by atoms with Gasteiger partial charge < -0.3 is 28.8 Å². The summed E-state index contributed by atoms with van der Waals surface area (Å²) in [5, 5.41) is 13.7. The largest absolute Gasteiger partial charge is 0.756 e. The molecule has 0 rings (SSSR count). The highest BCUT2D eigenvalue weighted by molar-refractivity contribution is 7.45. The van der Waals surface area contributed by atoms with Gasteiger partial charge in [0, 0.05) is 6.42 Å². The van der Waals surface area contributed by atoms with Crippen molar-refractivity contribution in [3.8, 4) is 0 Å². The first-order valence-corrected chi connectivity index (χ1v) is 24.6. The molecule has 0 aromatic carbocycles. The molecule has 0 saturated heterocycles. The lowest BCUT2D eigenvalue weighted by Gasteiger charge is -2.29. The number of nitrogens with one attached hydrogen (secondary N) is 1. The Hall–Kier alpha value is -2.58. The molecule has 0 aliphatic carbocycles.